The number of carbonyl (C=O) groups is 1. The minimum absolute atomic E-state index is 0.0277. The second-order valence-electron chi connectivity index (χ2n) is 5.64. The Balaban J connectivity index is 1.98. The topological polar surface area (TPSA) is 151 Å². The molecular weight excluding hydrogens is 437 g/mol. The largest absolute Gasteiger partial charge is 0.387 e. The fourth-order valence-electron chi connectivity index (χ4n) is 2.17. The lowest BCUT2D eigenvalue weighted by Gasteiger charge is -2.06. The van der Waals surface area contributed by atoms with Crippen LogP contribution in [-0.2, 0) is 4.79 Å². The van der Waals surface area contributed by atoms with E-state index in [4.69, 9.17) is 10.4 Å². The summed E-state index contributed by atoms with van der Waals surface area (Å²) in [5.41, 5.74) is 8.08. The van der Waals surface area contributed by atoms with Crippen molar-refractivity contribution in [3.8, 4) is 0 Å². The highest BCUT2D eigenvalue weighted by Crippen LogP contribution is 2.23. The number of nitrogens with zero attached hydrogens (tertiary/aromatic N) is 4. The quantitative estimate of drug-likeness (QED) is 0.205. The van der Waals surface area contributed by atoms with Gasteiger partial charge < -0.3 is 11.1 Å². The van der Waals surface area contributed by atoms with Gasteiger partial charge in [-0.15, -0.1) is 0 Å². The van der Waals surface area contributed by atoms with Gasteiger partial charge in [-0.1, -0.05) is 0 Å². The number of halogens is 2. The summed E-state index contributed by atoms with van der Waals surface area (Å²) < 4.78 is 18.3. The third-order valence-electron chi connectivity index (χ3n) is 3.42. The van der Waals surface area contributed by atoms with E-state index in [0.29, 0.717) is 37.3 Å². The lowest BCUT2D eigenvalue weighted by molar-refractivity contribution is -0.115. The lowest BCUT2D eigenvalue weighted by Crippen LogP contribution is -2.22. The van der Waals surface area contributed by atoms with Crippen LogP contribution in [0.1, 0.15) is 31.9 Å². The number of carbonyl (C=O) groups excluding carboxylic acids is 1. The Morgan fingerprint density at radius 2 is 2.18 bits per heavy atom. The number of unbranched alkanes of at least 4 members (excludes halogenated alkanes) is 1. The Morgan fingerprint density at radius 3 is 2.86 bits per heavy atom. The first kappa shape index (κ1) is 21.4. The maximum atomic E-state index is 13.3. The normalized spacial score (nSPS) is 12.1. The van der Waals surface area contributed by atoms with Crippen molar-refractivity contribution in [2.45, 2.75) is 26.2 Å². The lowest BCUT2D eigenvalue weighted by atomic mass is 10.2. The summed E-state index contributed by atoms with van der Waals surface area (Å²) in [5.74, 6) is -0.227. The van der Waals surface area contributed by atoms with Gasteiger partial charge >= 0.3 is 0 Å². The molecule has 12 heteroatoms. The Bertz CT molecular complexity index is 885. The summed E-state index contributed by atoms with van der Waals surface area (Å²) in [5, 5.41) is 19.9. The molecule has 0 unspecified atom stereocenters. The smallest absolute Gasteiger partial charge is 0.244 e. The number of hydroxylamine groups is 1. The van der Waals surface area contributed by atoms with Crippen molar-refractivity contribution in [3.63, 3.8) is 0 Å². The summed E-state index contributed by atoms with van der Waals surface area (Å²) in [7, 11) is 0. The highest BCUT2D eigenvalue weighted by atomic mass is 79.9. The van der Waals surface area contributed by atoms with Crippen LogP contribution in [0.15, 0.2) is 37.3 Å². The summed E-state index contributed by atoms with van der Waals surface area (Å²) in [6.07, 6.45) is 1.92. The first-order valence-corrected chi connectivity index (χ1v) is 9.04. The number of nitrogens with two attached hydrogens (primary N) is 1. The van der Waals surface area contributed by atoms with Crippen molar-refractivity contribution in [2.75, 3.05) is 11.9 Å². The fraction of sp³-hybridized carbons (Fsp3) is 0.312. The average Bonchev–Trinajstić information content (AvgIpc) is 3.10. The number of amides is 1. The zero-order chi connectivity index (χ0) is 20.5. The van der Waals surface area contributed by atoms with Crippen LogP contribution in [0.5, 0.6) is 0 Å². The van der Waals surface area contributed by atoms with E-state index < -0.39 is 5.82 Å². The van der Waals surface area contributed by atoms with E-state index in [9.17, 15) is 14.4 Å². The SMILES string of the molecule is CC(=O)N=C(N)CCCCNc1nonc1C(=Nc1ccc(F)c(Br)c1)NO. The molecule has 0 spiro atoms. The van der Waals surface area contributed by atoms with Crippen LogP contribution >= 0.6 is 15.9 Å². The molecule has 0 radical (unpaired) electrons. The molecule has 0 saturated carbocycles. The second-order valence-corrected chi connectivity index (χ2v) is 6.49. The maximum Gasteiger partial charge on any atom is 0.244 e. The van der Waals surface area contributed by atoms with E-state index in [1.165, 1.54) is 25.1 Å². The molecule has 10 nitrogen and oxygen atoms in total. The number of hydrogen-bond acceptors (Lipinski definition) is 7. The van der Waals surface area contributed by atoms with Crippen LogP contribution in [0.3, 0.4) is 0 Å². The van der Waals surface area contributed by atoms with E-state index in [2.05, 4.69) is 41.5 Å². The van der Waals surface area contributed by atoms with Gasteiger partial charge in [-0.3, -0.25) is 15.5 Å². The number of amidine groups is 2. The van der Waals surface area contributed by atoms with Crippen LogP contribution < -0.4 is 16.5 Å². The molecule has 5 N–H and O–H groups in total. The third-order valence-corrected chi connectivity index (χ3v) is 4.02. The summed E-state index contributed by atoms with van der Waals surface area (Å²) >= 11 is 3.07. The number of aromatic nitrogens is 2. The summed E-state index contributed by atoms with van der Waals surface area (Å²) in [4.78, 5) is 18.6. The number of hydrogen-bond donors (Lipinski definition) is 4. The van der Waals surface area contributed by atoms with E-state index in [0.717, 1.165) is 0 Å². The Morgan fingerprint density at radius 1 is 1.39 bits per heavy atom. The Hall–Kier alpha value is -2.86. The zero-order valence-corrected chi connectivity index (χ0v) is 16.5. The van der Waals surface area contributed by atoms with Gasteiger partial charge in [-0.2, -0.15) is 0 Å². The first-order chi connectivity index (χ1) is 13.4. The Kier molecular flexibility index (Phi) is 8.02. The van der Waals surface area contributed by atoms with Gasteiger partial charge in [0.15, 0.2) is 11.5 Å². The van der Waals surface area contributed by atoms with Crippen LogP contribution in [0.2, 0.25) is 0 Å². The van der Waals surface area contributed by atoms with Crippen molar-refractivity contribution >= 4 is 45.0 Å². The van der Waals surface area contributed by atoms with E-state index >= 15 is 0 Å². The van der Waals surface area contributed by atoms with Gasteiger partial charge in [0.05, 0.1) is 10.2 Å². The van der Waals surface area contributed by atoms with E-state index in [1.807, 2.05) is 5.48 Å². The van der Waals surface area contributed by atoms with Gasteiger partial charge in [0.25, 0.3) is 0 Å². The second kappa shape index (κ2) is 10.5. The molecule has 0 atom stereocenters. The van der Waals surface area contributed by atoms with Crippen LogP contribution in [0.25, 0.3) is 0 Å². The molecule has 1 amide bonds. The number of nitrogens with one attached hydrogen (secondary N) is 2. The van der Waals surface area contributed by atoms with Crippen LogP contribution in [0.4, 0.5) is 15.9 Å². The molecular formula is C16H19BrFN7O3. The molecule has 0 aliphatic carbocycles. The predicted molar refractivity (Wildman–Crippen MR) is 104 cm³/mol. The maximum absolute atomic E-state index is 13.3. The molecule has 2 rings (SSSR count). The molecule has 1 aromatic carbocycles. The third kappa shape index (κ3) is 6.39. The van der Waals surface area contributed by atoms with Crippen molar-refractivity contribution in [1.29, 1.82) is 0 Å². The molecule has 28 heavy (non-hydrogen) atoms. The minimum Gasteiger partial charge on any atom is -0.387 e. The standard InChI is InChI=1S/C16H19BrFN7O3/c1-9(26)21-13(19)4-2-3-7-20-15-14(24-28-25-15)16(23-27)22-10-5-6-12(18)11(17)8-10/h5-6,8,27H,2-4,7H2,1H3,(H,20,25)(H,22,23)(H2,19,21,26). The van der Waals surface area contributed by atoms with Crippen LogP contribution in [0, 0.1) is 5.82 Å². The molecule has 0 fully saturated rings. The molecule has 1 heterocycles. The first-order valence-electron chi connectivity index (χ1n) is 8.25. The van der Waals surface area contributed by atoms with Gasteiger partial charge in [0, 0.05) is 19.9 Å². The van der Waals surface area contributed by atoms with Gasteiger partial charge in [-0.25, -0.2) is 19.0 Å². The molecule has 0 aliphatic heterocycles. The number of benzene rings is 1. The average molecular weight is 456 g/mol. The summed E-state index contributed by atoms with van der Waals surface area (Å²) in [6, 6.07) is 4.12. The monoisotopic (exact) mass is 455 g/mol. The summed E-state index contributed by atoms with van der Waals surface area (Å²) in [6.45, 7) is 1.85. The van der Waals surface area contributed by atoms with Gasteiger partial charge in [0.2, 0.25) is 11.7 Å². The molecule has 0 saturated heterocycles. The highest BCUT2D eigenvalue weighted by molar-refractivity contribution is 9.10. The predicted octanol–water partition coefficient (Wildman–Crippen LogP) is 2.51. The zero-order valence-electron chi connectivity index (χ0n) is 14.9. The fourth-order valence-corrected chi connectivity index (χ4v) is 2.54. The van der Waals surface area contributed by atoms with E-state index in [-0.39, 0.29) is 27.7 Å². The van der Waals surface area contributed by atoms with E-state index in [1.54, 1.807) is 0 Å². The van der Waals surface area contributed by atoms with Crippen molar-refractivity contribution in [3.05, 3.63) is 34.2 Å². The molecule has 0 bridgehead atoms. The number of rotatable bonds is 8. The van der Waals surface area contributed by atoms with Gasteiger partial charge in [0.1, 0.15) is 11.7 Å². The van der Waals surface area contributed by atoms with Crippen molar-refractivity contribution < 1.29 is 19.0 Å². The van der Waals surface area contributed by atoms with Crippen molar-refractivity contribution in [2.24, 2.45) is 15.7 Å². The Labute approximate surface area is 168 Å². The number of aliphatic imine (C=N–C) groups is 2. The molecule has 2 aromatic rings. The number of anilines is 1. The molecule has 1 aromatic heterocycles. The van der Waals surface area contributed by atoms with Gasteiger partial charge in [-0.05, 0) is 57.3 Å². The minimum atomic E-state index is -0.433. The van der Waals surface area contributed by atoms with Crippen LogP contribution in [-0.4, -0.2) is 39.6 Å². The molecule has 150 valence electrons. The van der Waals surface area contributed by atoms with Crippen molar-refractivity contribution in [1.82, 2.24) is 15.8 Å². The molecule has 0 aliphatic rings. The highest BCUT2D eigenvalue weighted by Gasteiger charge is 2.16.